The number of carbonyl (C=O) groups is 1. The fourth-order valence-corrected chi connectivity index (χ4v) is 2.92. The van der Waals surface area contributed by atoms with E-state index in [1.54, 1.807) is 7.11 Å². The quantitative estimate of drug-likeness (QED) is 0.905. The minimum atomic E-state index is -0.358. The van der Waals surface area contributed by atoms with E-state index in [1.165, 1.54) is 6.42 Å². The van der Waals surface area contributed by atoms with Crippen LogP contribution >= 0.6 is 0 Å². The number of nitriles is 1. The summed E-state index contributed by atoms with van der Waals surface area (Å²) in [6, 6.07) is 9.35. The van der Waals surface area contributed by atoms with Gasteiger partial charge in [0.25, 0.3) is 0 Å². The molecule has 4 heteroatoms. The third kappa shape index (κ3) is 4.49. The van der Waals surface area contributed by atoms with Crippen LogP contribution in [0.4, 0.5) is 0 Å². The Morgan fingerprint density at radius 3 is 2.86 bits per heavy atom. The van der Waals surface area contributed by atoms with Crippen molar-refractivity contribution in [3.05, 3.63) is 29.8 Å². The second-order valence-corrected chi connectivity index (χ2v) is 5.60. The highest BCUT2D eigenvalue weighted by Crippen LogP contribution is 2.26. The van der Waals surface area contributed by atoms with Crippen LogP contribution in [0.15, 0.2) is 24.3 Å². The van der Waals surface area contributed by atoms with E-state index in [1.807, 2.05) is 24.3 Å². The maximum atomic E-state index is 12.1. The summed E-state index contributed by atoms with van der Waals surface area (Å²) < 4.78 is 5.15. The smallest absolute Gasteiger partial charge is 0.225 e. The first-order valence-corrected chi connectivity index (χ1v) is 7.55. The van der Waals surface area contributed by atoms with Crippen LogP contribution in [0, 0.1) is 17.2 Å². The summed E-state index contributed by atoms with van der Waals surface area (Å²) >= 11 is 0. The van der Waals surface area contributed by atoms with E-state index in [4.69, 9.17) is 4.74 Å². The number of benzene rings is 1. The van der Waals surface area contributed by atoms with Gasteiger partial charge in [-0.15, -0.1) is 0 Å². The van der Waals surface area contributed by atoms with Gasteiger partial charge < -0.3 is 10.1 Å². The summed E-state index contributed by atoms with van der Waals surface area (Å²) in [5.41, 5.74) is 0.896. The summed E-state index contributed by atoms with van der Waals surface area (Å²) in [5.74, 6) is 0.947. The number of hydrogen-bond acceptors (Lipinski definition) is 3. The summed E-state index contributed by atoms with van der Waals surface area (Å²) in [6.07, 6.45) is 5.92. The van der Waals surface area contributed by atoms with Crippen molar-refractivity contribution in [1.29, 1.82) is 5.26 Å². The van der Waals surface area contributed by atoms with Crippen molar-refractivity contribution in [2.75, 3.05) is 7.11 Å². The first-order valence-electron chi connectivity index (χ1n) is 7.55. The summed E-state index contributed by atoms with van der Waals surface area (Å²) in [7, 11) is 1.61. The van der Waals surface area contributed by atoms with E-state index >= 15 is 0 Å². The zero-order valence-corrected chi connectivity index (χ0v) is 12.5. The van der Waals surface area contributed by atoms with Gasteiger partial charge in [0.2, 0.25) is 5.91 Å². The second kappa shape index (κ2) is 7.68. The molecule has 1 saturated carbocycles. The molecule has 0 heterocycles. The maximum absolute atomic E-state index is 12.1. The molecule has 1 fully saturated rings. The van der Waals surface area contributed by atoms with Crippen molar-refractivity contribution in [3.8, 4) is 11.8 Å². The molecular weight excluding hydrogens is 264 g/mol. The zero-order chi connectivity index (χ0) is 15.1. The standard InChI is InChI=1S/C17H22N2O2/c1-21-15-9-5-6-13(10-15)11-17(20)19-16(12-18)14-7-3-2-4-8-14/h5-6,9-10,14,16H,2-4,7-8,11H2,1H3,(H,19,20). The van der Waals surface area contributed by atoms with Crippen molar-refractivity contribution < 1.29 is 9.53 Å². The van der Waals surface area contributed by atoms with Crippen LogP contribution in [-0.4, -0.2) is 19.1 Å². The van der Waals surface area contributed by atoms with Crippen molar-refractivity contribution in [2.24, 2.45) is 5.92 Å². The Kier molecular flexibility index (Phi) is 5.62. The number of hydrogen-bond donors (Lipinski definition) is 1. The third-order valence-electron chi connectivity index (χ3n) is 4.08. The van der Waals surface area contributed by atoms with Crippen LogP contribution in [0.25, 0.3) is 0 Å². The van der Waals surface area contributed by atoms with Gasteiger partial charge in [-0.05, 0) is 36.5 Å². The molecule has 1 N–H and O–H groups in total. The molecule has 1 aliphatic rings. The van der Waals surface area contributed by atoms with Gasteiger partial charge in [-0.2, -0.15) is 5.26 Å². The molecule has 1 aliphatic carbocycles. The maximum Gasteiger partial charge on any atom is 0.225 e. The van der Waals surface area contributed by atoms with Gasteiger partial charge in [-0.1, -0.05) is 31.4 Å². The number of amides is 1. The van der Waals surface area contributed by atoms with Crippen LogP contribution < -0.4 is 10.1 Å². The fraction of sp³-hybridized carbons (Fsp3) is 0.529. The Bertz CT molecular complexity index is 516. The van der Waals surface area contributed by atoms with E-state index in [-0.39, 0.29) is 18.4 Å². The van der Waals surface area contributed by atoms with Gasteiger partial charge in [-0.3, -0.25) is 4.79 Å². The molecule has 1 atom stereocenters. The molecule has 21 heavy (non-hydrogen) atoms. The molecular formula is C17H22N2O2. The van der Waals surface area contributed by atoms with Crippen molar-refractivity contribution in [2.45, 2.75) is 44.6 Å². The molecule has 0 spiro atoms. The van der Waals surface area contributed by atoms with Crippen LogP contribution in [0.1, 0.15) is 37.7 Å². The van der Waals surface area contributed by atoms with E-state index in [0.29, 0.717) is 5.92 Å². The number of rotatable bonds is 5. The lowest BCUT2D eigenvalue weighted by atomic mass is 9.84. The molecule has 112 valence electrons. The predicted octanol–water partition coefficient (Wildman–Crippen LogP) is 2.83. The highest BCUT2D eigenvalue weighted by atomic mass is 16.5. The minimum Gasteiger partial charge on any atom is -0.497 e. The van der Waals surface area contributed by atoms with Gasteiger partial charge in [-0.25, -0.2) is 0 Å². The molecule has 1 amide bonds. The first-order chi connectivity index (χ1) is 10.2. The molecule has 2 rings (SSSR count). The molecule has 0 aromatic heterocycles. The number of methoxy groups -OCH3 is 1. The minimum absolute atomic E-state index is 0.0969. The monoisotopic (exact) mass is 286 g/mol. The molecule has 0 aliphatic heterocycles. The van der Waals surface area contributed by atoms with E-state index in [9.17, 15) is 10.1 Å². The third-order valence-corrected chi connectivity index (χ3v) is 4.08. The largest absolute Gasteiger partial charge is 0.497 e. The lowest BCUT2D eigenvalue weighted by Crippen LogP contribution is -2.40. The first kappa shape index (κ1) is 15.4. The van der Waals surface area contributed by atoms with E-state index in [0.717, 1.165) is 37.0 Å². The molecule has 1 unspecified atom stereocenters. The van der Waals surface area contributed by atoms with Crippen LogP contribution in [0.5, 0.6) is 5.75 Å². The van der Waals surface area contributed by atoms with Gasteiger partial charge in [0.15, 0.2) is 0 Å². The normalized spacial score (nSPS) is 16.8. The van der Waals surface area contributed by atoms with Crippen molar-refractivity contribution in [1.82, 2.24) is 5.32 Å². The highest BCUT2D eigenvalue weighted by Gasteiger charge is 2.24. The Morgan fingerprint density at radius 1 is 1.43 bits per heavy atom. The lowest BCUT2D eigenvalue weighted by Gasteiger charge is -2.26. The van der Waals surface area contributed by atoms with Crippen LogP contribution in [-0.2, 0) is 11.2 Å². The molecule has 0 radical (unpaired) electrons. The Labute approximate surface area is 126 Å². The molecule has 0 bridgehead atoms. The molecule has 4 nitrogen and oxygen atoms in total. The average molecular weight is 286 g/mol. The highest BCUT2D eigenvalue weighted by molar-refractivity contribution is 5.79. The number of nitrogens with zero attached hydrogens (tertiary/aromatic N) is 1. The van der Waals surface area contributed by atoms with Crippen LogP contribution in [0.3, 0.4) is 0 Å². The average Bonchev–Trinajstić information content (AvgIpc) is 2.53. The van der Waals surface area contributed by atoms with Gasteiger partial charge in [0.1, 0.15) is 11.8 Å². The topological polar surface area (TPSA) is 62.1 Å². The van der Waals surface area contributed by atoms with E-state index in [2.05, 4.69) is 11.4 Å². The van der Waals surface area contributed by atoms with Gasteiger partial charge in [0, 0.05) is 0 Å². The van der Waals surface area contributed by atoms with Crippen molar-refractivity contribution in [3.63, 3.8) is 0 Å². The summed E-state index contributed by atoms with van der Waals surface area (Å²) in [4.78, 5) is 12.1. The number of nitrogens with one attached hydrogen (secondary N) is 1. The molecule has 1 aromatic carbocycles. The number of ether oxygens (including phenoxy) is 1. The second-order valence-electron chi connectivity index (χ2n) is 5.60. The Hall–Kier alpha value is -2.02. The lowest BCUT2D eigenvalue weighted by molar-refractivity contribution is -0.121. The molecule has 1 aromatic rings. The Morgan fingerprint density at radius 2 is 2.19 bits per heavy atom. The van der Waals surface area contributed by atoms with Crippen molar-refractivity contribution >= 4 is 5.91 Å². The van der Waals surface area contributed by atoms with Gasteiger partial charge in [0.05, 0.1) is 19.6 Å². The Balaban J connectivity index is 1.91. The number of carbonyl (C=O) groups excluding carboxylic acids is 1. The molecule has 0 saturated heterocycles. The SMILES string of the molecule is COc1cccc(CC(=O)NC(C#N)C2CCCCC2)c1. The zero-order valence-electron chi connectivity index (χ0n) is 12.5. The fourth-order valence-electron chi connectivity index (χ4n) is 2.92. The summed E-state index contributed by atoms with van der Waals surface area (Å²) in [5, 5.41) is 12.2. The summed E-state index contributed by atoms with van der Waals surface area (Å²) in [6.45, 7) is 0. The van der Waals surface area contributed by atoms with Gasteiger partial charge >= 0.3 is 0 Å². The predicted molar refractivity (Wildman–Crippen MR) is 80.8 cm³/mol. The van der Waals surface area contributed by atoms with E-state index < -0.39 is 0 Å². The van der Waals surface area contributed by atoms with Crippen LogP contribution in [0.2, 0.25) is 0 Å².